The Bertz CT molecular complexity index is 501. The highest BCUT2D eigenvalue weighted by molar-refractivity contribution is 6.35. The third-order valence-corrected chi connectivity index (χ3v) is 4.09. The molecule has 0 aliphatic rings. The molecule has 1 heterocycles. The molecule has 1 aromatic carbocycles. The molecule has 0 aliphatic heterocycles. The normalized spacial score (nSPS) is 11.3. The van der Waals surface area contributed by atoms with Crippen LogP contribution in [0, 0.1) is 0 Å². The number of aromatic nitrogens is 1. The first-order valence-electron chi connectivity index (χ1n) is 7.56. The Balaban J connectivity index is 1.77. The first-order chi connectivity index (χ1) is 9.33. The van der Waals surface area contributed by atoms with Crippen molar-refractivity contribution in [3.63, 3.8) is 0 Å². The predicted octanol–water partition coefficient (Wildman–Crippen LogP) is 6.05. The number of benzene rings is 1. The van der Waals surface area contributed by atoms with Crippen molar-refractivity contribution < 1.29 is 0 Å². The van der Waals surface area contributed by atoms with Crippen LogP contribution >= 0.6 is 11.6 Å². The van der Waals surface area contributed by atoms with Crippen molar-refractivity contribution in [2.45, 2.75) is 58.4 Å². The zero-order valence-corrected chi connectivity index (χ0v) is 12.6. The summed E-state index contributed by atoms with van der Waals surface area (Å²) in [5.41, 5.74) is 1.26. The average Bonchev–Trinajstić information content (AvgIpc) is 2.83. The number of halogens is 1. The Labute approximate surface area is 121 Å². The number of unbranched alkanes of at least 4 members (excludes halogenated alkanes) is 6. The number of fused-ring (bicyclic) bond motifs is 1. The molecule has 0 saturated heterocycles. The van der Waals surface area contributed by atoms with Gasteiger partial charge in [0.25, 0.3) is 0 Å². The van der Waals surface area contributed by atoms with Gasteiger partial charge in [-0.3, -0.25) is 0 Å². The highest BCUT2D eigenvalue weighted by atomic mass is 35.5. The van der Waals surface area contributed by atoms with Crippen molar-refractivity contribution in [2.75, 3.05) is 0 Å². The van der Waals surface area contributed by atoms with Crippen LogP contribution in [0.4, 0.5) is 0 Å². The molecule has 19 heavy (non-hydrogen) atoms. The van der Waals surface area contributed by atoms with Crippen molar-refractivity contribution in [3.05, 3.63) is 35.5 Å². The molecule has 0 saturated carbocycles. The summed E-state index contributed by atoms with van der Waals surface area (Å²) in [4.78, 5) is 0. The van der Waals surface area contributed by atoms with E-state index in [1.165, 1.54) is 55.8 Å². The van der Waals surface area contributed by atoms with Gasteiger partial charge in [-0.05, 0) is 24.6 Å². The van der Waals surface area contributed by atoms with Crippen molar-refractivity contribution in [3.8, 4) is 0 Å². The van der Waals surface area contributed by atoms with Crippen LogP contribution in [0.25, 0.3) is 10.9 Å². The zero-order valence-electron chi connectivity index (χ0n) is 11.9. The molecular formula is C17H24ClN. The molecule has 0 atom stereocenters. The fourth-order valence-corrected chi connectivity index (χ4v) is 2.85. The van der Waals surface area contributed by atoms with Gasteiger partial charge in [0.15, 0.2) is 0 Å². The molecular weight excluding hydrogens is 254 g/mol. The zero-order chi connectivity index (χ0) is 13.5. The van der Waals surface area contributed by atoms with E-state index in [4.69, 9.17) is 11.6 Å². The van der Waals surface area contributed by atoms with E-state index in [0.717, 1.165) is 11.6 Å². The lowest BCUT2D eigenvalue weighted by Crippen LogP contribution is -1.95. The molecule has 2 heteroatoms. The Morgan fingerprint density at radius 3 is 2.47 bits per heavy atom. The van der Waals surface area contributed by atoms with Crippen LogP contribution in [0.1, 0.15) is 51.9 Å². The fraction of sp³-hybridized carbons (Fsp3) is 0.529. The van der Waals surface area contributed by atoms with Gasteiger partial charge >= 0.3 is 0 Å². The van der Waals surface area contributed by atoms with Crippen LogP contribution in [0.5, 0.6) is 0 Å². The minimum Gasteiger partial charge on any atom is -0.347 e. The van der Waals surface area contributed by atoms with Gasteiger partial charge in [-0.2, -0.15) is 0 Å². The minimum absolute atomic E-state index is 0.857. The molecule has 0 radical (unpaired) electrons. The second-order valence-electron chi connectivity index (χ2n) is 5.30. The van der Waals surface area contributed by atoms with Crippen LogP contribution in [0.3, 0.4) is 0 Å². The third-order valence-electron chi connectivity index (χ3n) is 3.76. The van der Waals surface area contributed by atoms with Crippen LogP contribution in [0.15, 0.2) is 30.5 Å². The summed E-state index contributed by atoms with van der Waals surface area (Å²) in [6, 6.07) is 8.27. The predicted molar refractivity (Wildman–Crippen MR) is 84.9 cm³/mol. The number of hydrogen-bond acceptors (Lipinski definition) is 0. The molecule has 1 aromatic heterocycles. The molecule has 0 unspecified atom stereocenters. The molecule has 1 nitrogen and oxygen atoms in total. The van der Waals surface area contributed by atoms with Crippen LogP contribution in [-0.2, 0) is 6.54 Å². The van der Waals surface area contributed by atoms with Crippen LogP contribution in [-0.4, -0.2) is 4.57 Å². The molecule has 0 amide bonds. The molecule has 0 bridgehead atoms. The highest BCUT2D eigenvalue weighted by Gasteiger charge is 2.03. The van der Waals surface area contributed by atoms with Gasteiger partial charge in [-0.15, -0.1) is 0 Å². The Kier molecular flexibility index (Phi) is 5.78. The van der Waals surface area contributed by atoms with E-state index in [9.17, 15) is 0 Å². The summed E-state index contributed by atoms with van der Waals surface area (Å²) in [6.45, 7) is 3.37. The van der Waals surface area contributed by atoms with E-state index < -0.39 is 0 Å². The summed E-state index contributed by atoms with van der Waals surface area (Å²) >= 11 is 6.19. The number of nitrogens with zero attached hydrogens (tertiary/aromatic N) is 1. The Morgan fingerprint density at radius 2 is 1.68 bits per heavy atom. The van der Waals surface area contributed by atoms with Gasteiger partial charge in [-0.1, -0.05) is 63.1 Å². The first-order valence-corrected chi connectivity index (χ1v) is 7.94. The second-order valence-corrected chi connectivity index (χ2v) is 5.71. The Morgan fingerprint density at radius 1 is 0.947 bits per heavy atom. The molecule has 104 valence electrons. The van der Waals surface area contributed by atoms with Crippen LogP contribution in [0.2, 0.25) is 5.02 Å². The molecule has 0 N–H and O–H groups in total. The van der Waals surface area contributed by atoms with Gasteiger partial charge in [0.1, 0.15) is 0 Å². The fourth-order valence-electron chi connectivity index (χ4n) is 2.62. The van der Waals surface area contributed by atoms with Gasteiger partial charge in [0.2, 0.25) is 0 Å². The number of hydrogen-bond donors (Lipinski definition) is 0. The number of rotatable bonds is 8. The van der Waals surface area contributed by atoms with Gasteiger partial charge in [-0.25, -0.2) is 0 Å². The van der Waals surface area contributed by atoms with Gasteiger partial charge in [0, 0.05) is 28.7 Å². The average molecular weight is 278 g/mol. The van der Waals surface area contributed by atoms with E-state index in [-0.39, 0.29) is 0 Å². The van der Waals surface area contributed by atoms with E-state index >= 15 is 0 Å². The molecule has 0 spiro atoms. The maximum absolute atomic E-state index is 6.19. The van der Waals surface area contributed by atoms with Crippen molar-refractivity contribution >= 4 is 22.5 Å². The van der Waals surface area contributed by atoms with Crippen molar-refractivity contribution in [1.82, 2.24) is 4.57 Å². The lowest BCUT2D eigenvalue weighted by atomic mass is 10.1. The molecule has 2 aromatic rings. The maximum atomic E-state index is 6.19. The van der Waals surface area contributed by atoms with Gasteiger partial charge < -0.3 is 4.57 Å². The molecule has 0 fully saturated rings. The van der Waals surface area contributed by atoms with E-state index in [2.05, 4.69) is 29.8 Å². The van der Waals surface area contributed by atoms with E-state index in [1.54, 1.807) is 0 Å². The quantitative estimate of drug-likeness (QED) is 0.518. The lowest BCUT2D eigenvalue weighted by Gasteiger charge is -2.06. The summed E-state index contributed by atoms with van der Waals surface area (Å²) in [5, 5.41) is 2.03. The topological polar surface area (TPSA) is 4.93 Å². The van der Waals surface area contributed by atoms with Crippen LogP contribution < -0.4 is 0 Å². The van der Waals surface area contributed by atoms with E-state index in [1.807, 2.05) is 12.1 Å². The SMILES string of the molecule is CCCCCCCCCn1ccc2c(Cl)cccc21. The first kappa shape index (κ1) is 14.5. The number of aryl methyl sites for hydroxylation is 1. The smallest absolute Gasteiger partial charge is 0.0499 e. The van der Waals surface area contributed by atoms with Gasteiger partial charge in [0.05, 0.1) is 0 Å². The minimum atomic E-state index is 0.857. The second kappa shape index (κ2) is 7.59. The third kappa shape index (κ3) is 4.01. The van der Waals surface area contributed by atoms with Crippen molar-refractivity contribution in [1.29, 1.82) is 0 Å². The Hall–Kier alpha value is -0.950. The van der Waals surface area contributed by atoms with Crippen molar-refractivity contribution in [2.24, 2.45) is 0 Å². The lowest BCUT2D eigenvalue weighted by molar-refractivity contribution is 0.556. The molecule has 2 rings (SSSR count). The summed E-state index contributed by atoms with van der Waals surface area (Å²) in [7, 11) is 0. The van der Waals surface area contributed by atoms with E-state index in [0.29, 0.717) is 0 Å². The highest BCUT2D eigenvalue weighted by Crippen LogP contribution is 2.24. The largest absolute Gasteiger partial charge is 0.347 e. The summed E-state index contributed by atoms with van der Waals surface area (Å²) < 4.78 is 2.33. The standard InChI is InChI=1S/C17H24ClN/c1-2-3-4-5-6-7-8-13-19-14-12-15-16(18)10-9-11-17(15)19/h9-12,14H,2-8,13H2,1H3. The summed E-state index contributed by atoms with van der Waals surface area (Å²) in [5.74, 6) is 0. The summed E-state index contributed by atoms with van der Waals surface area (Å²) in [6.07, 6.45) is 11.7. The monoisotopic (exact) mass is 277 g/mol. The maximum Gasteiger partial charge on any atom is 0.0499 e. The molecule has 0 aliphatic carbocycles.